The Morgan fingerprint density at radius 2 is 1.26 bits per heavy atom. The predicted octanol–water partition coefficient (Wildman–Crippen LogP) is -0.411. The fraction of sp³-hybridized carbons (Fsp3) is 0.0323. The fourth-order valence-electron chi connectivity index (χ4n) is 4.78. The molecule has 0 unspecified atom stereocenters. The minimum atomic E-state index is 0. The Morgan fingerprint density at radius 1 is 0.647 bits per heavy atom. The van der Waals surface area contributed by atoms with Crippen LogP contribution in [-0.4, -0.2) is 0 Å². The van der Waals surface area contributed by atoms with Crippen LogP contribution >= 0.6 is 0 Å². The van der Waals surface area contributed by atoms with E-state index in [1.807, 2.05) is 0 Å². The van der Waals surface area contributed by atoms with Crippen molar-refractivity contribution in [2.75, 3.05) is 0 Å². The Bertz CT molecular complexity index is 1540. The average Bonchev–Trinajstić information content (AvgIpc) is 3.49. The second-order valence-electron chi connectivity index (χ2n) is 8.01. The number of rotatable bonds is 3. The van der Waals surface area contributed by atoms with Crippen molar-refractivity contribution in [3.63, 3.8) is 0 Å². The van der Waals surface area contributed by atoms with Crippen molar-refractivity contribution in [2.45, 2.75) is 6.42 Å². The molecule has 0 N–H and O–H groups in total. The topological polar surface area (TPSA) is 0 Å². The smallest absolute Gasteiger partial charge is 0 e. The number of benzene rings is 4. The maximum atomic E-state index is 3.74. The average molecular weight is 643 g/mol. The fourth-order valence-corrected chi connectivity index (χ4v) is 4.78. The van der Waals surface area contributed by atoms with Gasteiger partial charge in [0.05, 0.1) is 0 Å². The zero-order chi connectivity index (χ0) is 20.6. The van der Waals surface area contributed by atoms with E-state index in [1.165, 1.54) is 54.3 Å². The van der Waals surface area contributed by atoms with Crippen molar-refractivity contribution >= 4 is 17.2 Å². The van der Waals surface area contributed by atoms with E-state index in [4.69, 9.17) is 0 Å². The molecule has 0 aliphatic heterocycles. The molecule has 6 rings (SSSR count). The molecule has 0 saturated carbocycles. The molecule has 4 aromatic carbocycles. The summed E-state index contributed by atoms with van der Waals surface area (Å²) in [6, 6.07) is 34.7. The summed E-state index contributed by atoms with van der Waals surface area (Å²) >= 11 is 0. The molecule has 0 atom stereocenters. The van der Waals surface area contributed by atoms with E-state index in [1.54, 1.807) is 0 Å². The normalized spacial score (nSPS) is 12.2. The number of hydrogen-bond acceptors (Lipinski definition) is 0. The molecule has 3 heteroatoms. The van der Waals surface area contributed by atoms with Crippen LogP contribution in [0.4, 0.5) is 0 Å². The summed E-state index contributed by atoms with van der Waals surface area (Å²) in [5.41, 5.74) is 7.62. The molecule has 0 fully saturated rings. The predicted molar refractivity (Wildman–Crippen MR) is 129 cm³/mol. The van der Waals surface area contributed by atoms with Crippen molar-refractivity contribution in [3.8, 4) is 0 Å². The van der Waals surface area contributed by atoms with E-state index >= 15 is 0 Å². The van der Waals surface area contributed by atoms with Crippen LogP contribution in [0.3, 0.4) is 0 Å². The summed E-state index contributed by atoms with van der Waals surface area (Å²) in [6.07, 6.45) is 11.4. The number of halogens is 2. The van der Waals surface area contributed by atoms with Crippen LogP contribution in [0.2, 0.25) is 0 Å². The van der Waals surface area contributed by atoms with Crippen LogP contribution in [-0.2, 0) is 25.8 Å². The molecule has 34 heavy (non-hydrogen) atoms. The molecule has 4 aromatic rings. The second kappa shape index (κ2) is 11.3. The molecule has 2 aliphatic carbocycles. The number of allylic oxidation sites excluding steroid dienone is 4. The molecule has 0 radical (unpaired) electrons. The van der Waals surface area contributed by atoms with E-state index in [0.29, 0.717) is 0 Å². The molecular formula is C31H21Cl2Hf-3. The Balaban J connectivity index is 0.00000108. The van der Waals surface area contributed by atoms with E-state index < -0.39 is 0 Å². The Labute approximate surface area is 231 Å². The third-order valence-electron chi connectivity index (χ3n) is 6.17. The van der Waals surface area contributed by atoms with Gasteiger partial charge >= 0.3 is 0 Å². The van der Waals surface area contributed by atoms with E-state index in [0.717, 1.165) is 6.42 Å². The Morgan fingerprint density at radius 3 is 1.88 bits per heavy atom. The molecule has 0 saturated heterocycles. The molecule has 2 aliphatic rings. The van der Waals surface area contributed by atoms with Gasteiger partial charge in [-0.2, -0.15) is 0 Å². The first-order valence-electron chi connectivity index (χ1n) is 10.8. The van der Waals surface area contributed by atoms with E-state index in [-0.39, 0.29) is 50.7 Å². The molecule has 166 valence electrons. The number of hydrogen-bond donors (Lipinski definition) is 0. The van der Waals surface area contributed by atoms with Crippen LogP contribution in [0.5, 0.6) is 0 Å². The Hall–Kier alpha value is -2.45. The third kappa shape index (κ3) is 4.58. The van der Waals surface area contributed by atoms with Crippen molar-refractivity contribution < 1.29 is 50.7 Å². The molecule has 0 amide bonds. The van der Waals surface area contributed by atoms with Gasteiger partial charge < -0.3 is 24.8 Å². The van der Waals surface area contributed by atoms with Gasteiger partial charge in [-0.05, 0) is 28.3 Å². The summed E-state index contributed by atoms with van der Waals surface area (Å²) in [7, 11) is 0. The first-order valence-corrected chi connectivity index (χ1v) is 10.8. The van der Waals surface area contributed by atoms with Crippen molar-refractivity contribution in [2.24, 2.45) is 0 Å². The van der Waals surface area contributed by atoms with Crippen molar-refractivity contribution in [3.05, 3.63) is 158 Å². The third-order valence-corrected chi connectivity index (χ3v) is 6.17. The zero-order valence-electron chi connectivity index (χ0n) is 18.4. The van der Waals surface area contributed by atoms with Gasteiger partial charge in [0, 0.05) is 25.8 Å². The molecule has 0 aromatic heterocycles. The summed E-state index contributed by atoms with van der Waals surface area (Å²) < 4.78 is 0. The van der Waals surface area contributed by atoms with E-state index in [9.17, 15) is 0 Å². The first-order chi connectivity index (χ1) is 15.4. The van der Waals surface area contributed by atoms with Crippen LogP contribution < -0.4 is 35.3 Å². The standard InChI is InChI=1S/C31H21.2ClH.Hf/c1-3-11-22(12-4-1)30(23-13-5-2-6-14-23)28-20-19-27-26-18-10-9-17-25(26)21-29(27)31(28)24-15-7-8-16-24;;;/h1-15,17-20H,16H2;2*1H;/q-1;;;/p-2. The van der Waals surface area contributed by atoms with Crippen molar-refractivity contribution in [1.82, 2.24) is 0 Å². The minimum Gasteiger partial charge on any atom is -1.00 e. The molecule has 0 heterocycles. The van der Waals surface area contributed by atoms with Gasteiger partial charge in [0.25, 0.3) is 0 Å². The summed E-state index contributed by atoms with van der Waals surface area (Å²) in [6.45, 7) is 0. The van der Waals surface area contributed by atoms with Crippen LogP contribution in [0, 0.1) is 10.4 Å². The molecule has 0 bridgehead atoms. The molecule has 0 nitrogen and oxygen atoms in total. The largest absolute Gasteiger partial charge is 1.00 e. The number of fused-ring (bicyclic) bond motifs is 2. The maximum absolute atomic E-state index is 3.74. The van der Waals surface area contributed by atoms with Gasteiger partial charge in [0.2, 0.25) is 0 Å². The minimum absolute atomic E-state index is 0. The first kappa shape index (κ1) is 26.2. The van der Waals surface area contributed by atoms with Gasteiger partial charge in [0.15, 0.2) is 0 Å². The SMILES string of the molecule is [C-]1=c2ccccc2=c2ccc(=C(c3ccccc3)c3ccccc3)c(C3=CC=CC3)c21.[Cl-].[Cl-].[Hf]. The summed E-state index contributed by atoms with van der Waals surface area (Å²) in [4.78, 5) is 0. The molecule has 0 spiro atoms. The van der Waals surface area contributed by atoms with Gasteiger partial charge in [-0.3, -0.25) is 0 Å². The summed E-state index contributed by atoms with van der Waals surface area (Å²) in [5.74, 6) is 0. The van der Waals surface area contributed by atoms with Crippen LogP contribution in [0.15, 0.2) is 115 Å². The zero-order valence-corrected chi connectivity index (χ0v) is 23.5. The second-order valence-corrected chi connectivity index (χ2v) is 8.01. The molecular weight excluding hydrogens is 622 g/mol. The summed E-state index contributed by atoms with van der Waals surface area (Å²) in [5, 5.41) is 5.01. The quantitative estimate of drug-likeness (QED) is 0.186. The van der Waals surface area contributed by atoms with Gasteiger partial charge in [-0.1, -0.05) is 120 Å². The van der Waals surface area contributed by atoms with E-state index in [2.05, 4.69) is 121 Å². The maximum Gasteiger partial charge on any atom is 0 e. The van der Waals surface area contributed by atoms with Crippen molar-refractivity contribution in [1.29, 1.82) is 0 Å². The Kier molecular flexibility index (Phi) is 8.71. The van der Waals surface area contributed by atoms with Gasteiger partial charge in [0.1, 0.15) is 0 Å². The van der Waals surface area contributed by atoms with Gasteiger partial charge in [-0.25, -0.2) is 0 Å². The van der Waals surface area contributed by atoms with Crippen LogP contribution in [0.1, 0.15) is 28.7 Å². The van der Waals surface area contributed by atoms with Gasteiger partial charge in [-0.15, -0.1) is 33.4 Å². The monoisotopic (exact) mass is 643 g/mol. The van der Waals surface area contributed by atoms with Crippen LogP contribution in [0.25, 0.3) is 17.2 Å².